The Bertz CT molecular complexity index is 224. The third-order valence-electron chi connectivity index (χ3n) is 1.12. The number of aliphatic hydroxyl groups is 2. The van der Waals surface area contributed by atoms with Crippen LogP contribution in [-0.2, 0) is 19.1 Å². The zero-order valence-electron chi connectivity index (χ0n) is 8.62. The van der Waals surface area contributed by atoms with Gasteiger partial charge in [-0.05, 0) is 0 Å². The fraction of sp³-hybridized carbons (Fsp3) is 0.625. The van der Waals surface area contributed by atoms with E-state index < -0.39 is 18.0 Å². The van der Waals surface area contributed by atoms with Crippen molar-refractivity contribution in [1.29, 1.82) is 0 Å². The van der Waals surface area contributed by atoms with Crippen molar-refractivity contribution >= 4 is 17.9 Å². The second kappa shape index (κ2) is 9.87. The van der Waals surface area contributed by atoms with Gasteiger partial charge < -0.3 is 25.2 Å². The minimum absolute atomic E-state index is 0.122. The highest BCUT2D eigenvalue weighted by Crippen LogP contribution is 1.87. The third-order valence-corrected chi connectivity index (χ3v) is 1.12. The van der Waals surface area contributed by atoms with Crippen LogP contribution < -0.4 is 0 Å². The Morgan fingerprint density at radius 2 is 1.62 bits per heavy atom. The molecule has 0 spiro atoms. The summed E-state index contributed by atoms with van der Waals surface area (Å²) >= 11 is 0. The number of carboxylic acid groups (broad SMARTS) is 2. The van der Waals surface area contributed by atoms with Crippen molar-refractivity contribution in [3.8, 4) is 0 Å². The van der Waals surface area contributed by atoms with Crippen molar-refractivity contribution in [3.63, 3.8) is 0 Å². The molecule has 4 N–H and O–H groups in total. The second-order valence-electron chi connectivity index (χ2n) is 2.48. The number of carbonyl (C=O) groups excluding carboxylic acids is 1. The van der Waals surface area contributed by atoms with Gasteiger partial charge in [-0.1, -0.05) is 6.92 Å². The number of rotatable bonds is 4. The van der Waals surface area contributed by atoms with Crippen LogP contribution in [0.2, 0.25) is 0 Å². The molecule has 0 aliphatic heterocycles. The molecule has 0 saturated heterocycles. The second-order valence-corrected chi connectivity index (χ2v) is 2.48. The first-order valence-electron chi connectivity index (χ1n) is 4.25. The van der Waals surface area contributed by atoms with E-state index in [9.17, 15) is 4.79 Å². The van der Waals surface area contributed by atoms with Gasteiger partial charge in [0, 0.05) is 6.42 Å². The summed E-state index contributed by atoms with van der Waals surface area (Å²) in [5.74, 6) is -4.02. The van der Waals surface area contributed by atoms with E-state index in [0.717, 1.165) is 0 Å². The fourth-order valence-corrected chi connectivity index (χ4v) is 0.344. The predicted octanol–water partition coefficient (Wildman–Crippen LogP) is -1.55. The molecule has 0 radical (unpaired) electrons. The Labute approximate surface area is 91.1 Å². The number of carbonyl (C=O) groups is 3. The molecule has 94 valence electrons. The van der Waals surface area contributed by atoms with Crippen molar-refractivity contribution in [2.45, 2.75) is 19.4 Å². The van der Waals surface area contributed by atoms with Gasteiger partial charge in [0.25, 0.3) is 0 Å². The van der Waals surface area contributed by atoms with Crippen molar-refractivity contribution in [1.82, 2.24) is 0 Å². The predicted molar refractivity (Wildman–Crippen MR) is 49.6 cm³/mol. The van der Waals surface area contributed by atoms with Gasteiger partial charge in [0.2, 0.25) is 0 Å². The smallest absolute Gasteiger partial charge is 0.414 e. The molecule has 0 bridgehead atoms. The van der Waals surface area contributed by atoms with E-state index in [1.807, 2.05) is 0 Å². The van der Waals surface area contributed by atoms with Gasteiger partial charge in [-0.2, -0.15) is 0 Å². The lowest BCUT2D eigenvalue weighted by Crippen LogP contribution is -2.21. The Morgan fingerprint density at radius 3 is 1.88 bits per heavy atom. The Morgan fingerprint density at radius 1 is 1.19 bits per heavy atom. The summed E-state index contributed by atoms with van der Waals surface area (Å²) in [5, 5.41) is 31.7. The zero-order chi connectivity index (χ0) is 13.1. The lowest BCUT2D eigenvalue weighted by atomic mass is 10.4. The summed E-state index contributed by atoms with van der Waals surface area (Å²) < 4.78 is 4.49. The maximum Gasteiger partial charge on any atom is 0.414 e. The highest BCUT2D eigenvalue weighted by molar-refractivity contribution is 6.27. The van der Waals surface area contributed by atoms with Crippen molar-refractivity contribution in [2.24, 2.45) is 0 Å². The summed E-state index contributed by atoms with van der Waals surface area (Å²) in [4.78, 5) is 28.6. The molecular weight excluding hydrogens is 224 g/mol. The van der Waals surface area contributed by atoms with Gasteiger partial charge >= 0.3 is 17.9 Å². The van der Waals surface area contributed by atoms with E-state index >= 15 is 0 Å². The zero-order valence-corrected chi connectivity index (χ0v) is 8.62. The summed E-state index contributed by atoms with van der Waals surface area (Å²) in [6, 6.07) is 0. The first kappa shape index (κ1) is 16.7. The van der Waals surface area contributed by atoms with Gasteiger partial charge in [0.15, 0.2) is 0 Å². The molecule has 0 amide bonds. The molecule has 1 unspecified atom stereocenters. The average molecular weight is 238 g/mol. The highest BCUT2D eigenvalue weighted by Gasteiger charge is 2.04. The molecular formula is C8H14O8. The minimum atomic E-state index is -1.82. The average Bonchev–Trinajstić information content (AvgIpc) is 2.25. The molecule has 0 saturated carbocycles. The summed E-state index contributed by atoms with van der Waals surface area (Å²) in [6.45, 7) is 1.16. The standard InChI is InChI=1S/C6H12O4.C2H2O4/c1-2-6(9)10-4-5(8)3-7;3-1(4)2(5)6/h5,7-8H,2-4H2,1H3;(H,3,4)(H,5,6). The van der Waals surface area contributed by atoms with Crippen molar-refractivity contribution in [2.75, 3.05) is 13.2 Å². The third kappa shape index (κ3) is 12.3. The first-order valence-corrected chi connectivity index (χ1v) is 4.25. The molecule has 0 heterocycles. The molecule has 8 heteroatoms. The van der Waals surface area contributed by atoms with E-state index in [1.54, 1.807) is 6.92 Å². The van der Waals surface area contributed by atoms with Crippen LogP contribution >= 0.6 is 0 Å². The van der Waals surface area contributed by atoms with Crippen LogP contribution in [-0.4, -0.2) is 57.7 Å². The Hall–Kier alpha value is -1.67. The quantitative estimate of drug-likeness (QED) is 0.340. The monoisotopic (exact) mass is 238 g/mol. The fourth-order valence-electron chi connectivity index (χ4n) is 0.344. The van der Waals surface area contributed by atoms with Crippen LogP contribution in [0.5, 0.6) is 0 Å². The van der Waals surface area contributed by atoms with Gasteiger partial charge in [0.05, 0.1) is 6.61 Å². The van der Waals surface area contributed by atoms with Crippen LogP contribution in [0.15, 0.2) is 0 Å². The maximum atomic E-state index is 10.4. The molecule has 0 fully saturated rings. The van der Waals surface area contributed by atoms with Crippen LogP contribution in [0.1, 0.15) is 13.3 Å². The van der Waals surface area contributed by atoms with Crippen LogP contribution in [0.3, 0.4) is 0 Å². The van der Waals surface area contributed by atoms with E-state index in [4.69, 9.17) is 30.0 Å². The molecule has 0 aromatic heterocycles. The van der Waals surface area contributed by atoms with Crippen LogP contribution in [0.25, 0.3) is 0 Å². The number of aliphatic carboxylic acids is 2. The lowest BCUT2D eigenvalue weighted by Gasteiger charge is -2.06. The van der Waals surface area contributed by atoms with Crippen LogP contribution in [0.4, 0.5) is 0 Å². The van der Waals surface area contributed by atoms with Crippen LogP contribution in [0, 0.1) is 0 Å². The Balaban J connectivity index is 0. The molecule has 1 atom stereocenters. The van der Waals surface area contributed by atoms with Crippen molar-refractivity contribution in [3.05, 3.63) is 0 Å². The SMILES string of the molecule is CCC(=O)OCC(O)CO.O=C(O)C(=O)O. The van der Waals surface area contributed by atoms with E-state index in [-0.39, 0.29) is 25.6 Å². The molecule has 0 rings (SSSR count). The molecule has 0 aliphatic carbocycles. The number of esters is 1. The topological polar surface area (TPSA) is 141 Å². The van der Waals surface area contributed by atoms with Crippen molar-refractivity contribution < 1.29 is 39.5 Å². The summed E-state index contributed by atoms with van der Waals surface area (Å²) in [7, 11) is 0. The Kier molecular flexibility index (Phi) is 10.3. The van der Waals surface area contributed by atoms with E-state index in [1.165, 1.54) is 0 Å². The number of carboxylic acids is 2. The molecule has 0 aromatic carbocycles. The molecule has 8 nitrogen and oxygen atoms in total. The van der Waals surface area contributed by atoms with Gasteiger partial charge in [-0.3, -0.25) is 4.79 Å². The van der Waals surface area contributed by atoms with Gasteiger partial charge in [-0.25, -0.2) is 9.59 Å². The lowest BCUT2D eigenvalue weighted by molar-refractivity contribution is -0.159. The summed E-state index contributed by atoms with van der Waals surface area (Å²) in [6.07, 6.45) is -0.659. The minimum Gasteiger partial charge on any atom is -0.473 e. The first-order chi connectivity index (χ1) is 7.34. The number of ether oxygens (including phenoxy) is 1. The number of hydrogen-bond donors (Lipinski definition) is 4. The number of hydrogen-bond acceptors (Lipinski definition) is 6. The van der Waals surface area contributed by atoms with E-state index in [0.29, 0.717) is 0 Å². The number of aliphatic hydroxyl groups excluding tert-OH is 2. The van der Waals surface area contributed by atoms with Gasteiger partial charge in [-0.15, -0.1) is 0 Å². The maximum absolute atomic E-state index is 10.4. The molecule has 0 aromatic rings. The molecule has 0 aliphatic rings. The summed E-state index contributed by atoms with van der Waals surface area (Å²) in [5.41, 5.74) is 0. The molecule has 16 heavy (non-hydrogen) atoms. The highest BCUT2D eigenvalue weighted by atomic mass is 16.5. The van der Waals surface area contributed by atoms with E-state index in [2.05, 4.69) is 4.74 Å². The normalized spacial score (nSPS) is 10.7. The van der Waals surface area contributed by atoms with Gasteiger partial charge in [0.1, 0.15) is 12.7 Å². The largest absolute Gasteiger partial charge is 0.473 e.